The van der Waals surface area contributed by atoms with Crippen LogP contribution in [0.15, 0.2) is 30.3 Å². The molecule has 0 spiro atoms. The highest BCUT2D eigenvalue weighted by molar-refractivity contribution is 7.74. The Hall–Kier alpha value is -1.78. The van der Waals surface area contributed by atoms with Gasteiger partial charge in [-0.1, -0.05) is 30.3 Å². The molecular formula is C16H24N3O4P. The average Bonchev–Trinajstić information content (AvgIpc) is 2.47. The summed E-state index contributed by atoms with van der Waals surface area (Å²) in [5.74, 6) is -0.819. The lowest BCUT2D eigenvalue weighted by Crippen LogP contribution is -2.49. The summed E-state index contributed by atoms with van der Waals surface area (Å²) < 4.78 is 16.8. The smallest absolute Gasteiger partial charge is 0.360 e. The number of carbonyl (C=O) groups is 1. The largest absolute Gasteiger partial charge is 0.465 e. The Balaban J connectivity index is 3.05. The lowest BCUT2D eigenvalue weighted by atomic mass is 10.0. The fourth-order valence-electron chi connectivity index (χ4n) is 2.20. The summed E-state index contributed by atoms with van der Waals surface area (Å²) in [6.07, 6.45) is 0.562. The van der Waals surface area contributed by atoms with Crippen LogP contribution in [0.5, 0.6) is 0 Å². The molecule has 8 heteroatoms. The highest BCUT2D eigenvalue weighted by atomic mass is 31.2. The SMILES string of the molecule is CCOP(=O)(O)C(=[N+]=[N-])C(=O)N(CCc1ccccc1)C(C)(C)C. The van der Waals surface area contributed by atoms with Crippen LogP contribution in [0.25, 0.3) is 5.53 Å². The van der Waals surface area contributed by atoms with Crippen LogP contribution in [-0.4, -0.2) is 44.6 Å². The van der Waals surface area contributed by atoms with Gasteiger partial charge in [-0.2, -0.15) is 4.79 Å². The Morgan fingerprint density at radius 3 is 2.38 bits per heavy atom. The maximum atomic E-state index is 12.7. The van der Waals surface area contributed by atoms with Gasteiger partial charge in [-0.05, 0) is 39.7 Å². The second-order valence-electron chi connectivity index (χ2n) is 6.22. The lowest BCUT2D eigenvalue weighted by Gasteiger charge is -2.34. The second kappa shape index (κ2) is 8.36. The third-order valence-electron chi connectivity index (χ3n) is 3.38. The molecule has 1 aromatic rings. The normalized spacial score (nSPS) is 13.7. The molecule has 132 valence electrons. The van der Waals surface area contributed by atoms with Gasteiger partial charge in [-0.25, -0.2) is 4.57 Å². The third-order valence-corrected chi connectivity index (χ3v) is 4.80. The molecule has 0 fully saturated rings. The molecule has 1 amide bonds. The highest BCUT2D eigenvalue weighted by Gasteiger charge is 2.47. The van der Waals surface area contributed by atoms with Gasteiger partial charge in [0.25, 0.3) is 0 Å². The average molecular weight is 353 g/mol. The zero-order valence-electron chi connectivity index (χ0n) is 14.5. The highest BCUT2D eigenvalue weighted by Crippen LogP contribution is 2.43. The van der Waals surface area contributed by atoms with Crippen LogP contribution in [0.2, 0.25) is 0 Å². The molecule has 0 aliphatic carbocycles. The molecule has 1 atom stereocenters. The Morgan fingerprint density at radius 1 is 1.33 bits per heavy atom. The summed E-state index contributed by atoms with van der Waals surface area (Å²) in [4.78, 5) is 26.7. The molecular weight excluding hydrogens is 329 g/mol. The van der Waals surface area contributed by atoms with Crippen molar-refractivity contribution < 1.29 is 23.6 Å². The van der Waals surface area contributed by atoms with Crippen molar-refractivity contribution in [2.75, 3.05) is 13.2 Å². The summed E-state index contributed by atoms with van der Waals surface area (Å²) in [6, 6.07) is 9.57. The molecule has 0 saturated carbocycles. The minimum atomic E-state index is -4.47. The predicted octanol–water partition coefficient (Wildman–Crippen LogP) is 2.71. The minimum Gasteiger partial charge on any atom is -0.360 e. The van der Waals surface area contributed by atoms with E-state index >= 15 is 0 Å². The first-order valence-corrected chi connectivity index (χ1v) is 9.27. The number of nitrogens with zero attached hydrogens (tertiary/aromatic N) is 3. The van der Waals surface area contributed by atoms with E-state index < -0.39 is 24.5 Å². The van der Waals surface area contributed by atoms with Gasteiger partial charge in [0.1, 0.15) is 0 Å². The Kier molecular flexibility index (Phi) is 7.06. The number of rotatable bonds is 7. The summed E-state index contributed by atoms with van der Waals surface area (Å²) in [6.45, 7) is 7.13. The molecule has 0 aromatic heterocycles. The third kappa shape index (κ3) is 5.39. The van der Waals surface area contributed by atoms with Crippen molar-refractivity contribution in [3.8, 4) is 0 Å². The van der Waals surface area contributed by atoms with Crippen molar-refractivity contribution >= 4 is 19.0 Å². The van der Waals surface area contributed by atoms with Crippen molar-refractivity contribution in [1.29, 1.82) is 0 Å². The monoisotopic (exact) mass is 353 g/mol. The first kappa shape index (κ1) is 20.3. The molecule has 1 aromatic carbocycles. The number of hydrogen-bond donors (Lipinski definition) is 1. The van der Waals surface area contributed by atoms with Crippen molar-refractivity contribution in [2.45, 2.75) is 39.7 Å². The van der Waals surface area contributed by atoms with E-state index in [4.69, 9.17) is 10.1 Å². The second-order valence-corrected chi connectivity index (χ2v) is 7.95. The van der Waals surface area contributed by atoms with E-state index in [0.717, 1.165) is 5.56 Å². The number of carbonyl (C=O) groups excluding carboxylic acids is 1. The number of amides is 1. The van der Waals surface area contributed by atoms with Gasteiger partial charge in [-0.15, -0.1) is 0 Å². The summed E-state index contributed by atoms with van der Waals surface area (Å²) in [5.41, 5.74) is 8.61. The van der Waals surface area contributed by atoms with Crippen LogP contribution < -0.4 is 0 Å². The maximum Gasteiger partial charge on any atom is 0.465 e. The van der Waals surface area contributed by atoms with Crippen LogP contribution in [0.1, 0.15) is 33.3 Å². The fourth-order valence-corrected chi connectivity index (χ4v) is 3.15. The standard InChI is InChI=1S/C16H24N3O4P/c1-5-23-24(21,22)14(18-17)15(20)19(16(2,3)4)12-11-13-9-7-6-8-10-13/h6-10H,5,11-12H2,1-4H3,(H,21,22). The maximum absolute atomic E-state index is 12.7. The van der Waals surface area contributed by atoms with Crippen LogP contribution in [0, 0.1) is 0 Å². The van der Waals surface area contributed by atoms with E-state index in [9.17, 15) is 14.3 Å². The quantitative estimate of drug-likeness (QED) is 0.352. The predicted molar refractivity (Wildman–Crippen MR) is 91.7 cm³/mol. The first-order chi connectivity index (χ1) is 11.1. The van der Waals surface area contributed by atoms with Gasteiger partial charge in [0.15, 0.2) is 0 Å². The van der Waals surface area contributed by atoms with E-state index in [1.165, 1.54) is 11.8 Å². The van der Waals surface area contributed by atoms with Crippen LogP contribution in [-0.2, 0) is 20.3 Å². The molecule has 1 unspecified atom stereocenters. The van der Waals surface area contributed by atoms with Gasteiger partial charge < -0.3 is 19.8 Å². The summed E-state index contributed by atoms with van der Waals surface area (Å²) >= 11 is 0. The molecule has 0 aliphatic heterocycles. The van der Waals surface area contributed by atoms with Crippen LogP contribution in [0.3, 0.4) is 0 Å². The van der Waals surface area contributed by atoms with Gasteiger partial charge in [0, 0.05) is 12.1 Å². The zero-order valence-corrected chi connectivity index (χ0v) is 15.4. The summed E-state index contributed by atoms with van der Waals surface area (Å²) in [5, 5.41) is 0. The molecule has 0 bridgehead atoms. The van der Waals surface area contributed by atoms with Gasteiger partial charge in [0.2, 0.25) is 0 Å². The van der Waals surface area contributed by atoms with Gasteiger partial charge in [0.05, 0.1) is 6.61 Å². The molecule has 0 radical (unpaired) electrons. The molecule has 0 heterocycles. The Labute approximate surface area is 142 Å². The molecule has 7 nitrogen and oxygen atoms in total. The van der Waals surface area contributed by atoms with E-state index in [-0.39, 0.29) is 6.61 Å². The topological polar surface area (TPSA) is 103 Å². The molecule has 1 rings (SSSR count). The Morgan fingerprint density at radius 2 is 1.92 bits per heavy atom. The van der Waals surface area contributed by atoms with E-state index in [0.29, 0.717) is 13.0 Å². The molecule has 0 aliphatic rings. The lowest BCUT2D eigenvalue weighted by molar-refractivity contribution is -0.132. The fraction of sp³-hybridized carbons (Fsp3) is 0.500. The first-order valence-electron chi connectivity index (χ1n) is 7.69. The summed E-state index contributed by atoms with van der Waals surface area (Å²) in [7, 11) is -4.47. The Bertz CT molecular complexity index is 664. The number of hydrogen-bond acceptors (Lipinski definition) is 3. The van der Waals surface area contributed by atoms with Gasteiger partial charge >= 0.3 is 19.0 Å². The van der Waals surface area contributed by atoms with Crippen LogP contribution in [0.4, 0.5) is 0 Å². The number of benzene rings is 1. The van der Waals surface area contributed by atoms with E-state index in [1.54, 1.807) is 20.8 Å². The van der Waals surface area contributed by atoms with Crippen molar-refractivity contribution in [3.63, 3.8) is 0 Å². The van der Waals surface area contributed by atoms with E-state index in [2.05, 4.69) is 4.79 Å². The van der Waals surface area contributed by atoms with Crippen molar-refractivity contribution in [1.82, 2.24) is 4.90 Å². The molecule has 24 heavy (non-hydrogen) atoms. The van der Waals surface area contributed by atoms with Gasteiger partial charge in [-0.3, -0.25) is 4.79 Å². The van der Waals surface area contributed by atoms with Crippen LogP contribution >= 0.6 is 7.60 Å². The zero-order chi connectivity index (χ0) is 18.4. The molecule has 1 N–H and O–H groups in total. The van der Waals surface area contributed by atoms with E-state index in [1.807, 2.05) is 30.3 Å². The van der Waals surface area contributed by atoms with Crippen molar-refractivity contribution in [2.24, 2.45) is 0 Å². The van der Waals surface area contributed by atoms with Crippen molar-refractivity contribution in [3.05, 3.63) is 41.4 Å². The minimum absolute atomic E-state index is 0.0837. The molecule has 0 saturated heterocycles.